The van der Waals surface area contributed by atoms with Gasteiger partial charge in [0.15, 0.2) is 0 Å². The van der Waals surface area contributed by atoms with Crippen molar-refractivity contribution in [1.29, 1.82) is 0 Å². The molecule has 0 saturated heterocycles. The molecule has 0 saturated carbocycles. The molecule has 0 N–H and O–H groups in total. The molecule has 0 radical (unpaired) electrons. The average molecular weight is 471 g/mol. The molecule has 0 aromatic rings. The fourth-order valence-electron chi connectivity index (χ4n) is 1.14. The van der Waals surface area contributed by atoms with Crippen LogP contribution in [0.3, 0.4) is 0 Å². The zero-order valence-electron chi connectivity index (χ0n) is 10.8. The molecule has 0 unspecified atom stereocenters. The maximum absolute atomic E-state index is 12.9. The Bertz CT molecular complexity index is 478. The predicted molar refractivity (Wildman–Crippen MR) is 49.6 cm³/mol. The van der Waals surface area contributed by atoms with Gasteiger partial charge in [-0.05, 0) is 0 Å². The summed E-state index contributed by atoms with van der Waals surface area (Å²) in [5, 5.41) is 0. The molecular formula is C7ClF17Si. The number of halogens is 18. The van der Waals surface area contributed by atoms with E-state index in [1.165, 1.54) is 0 Å². The first-order chi connectivity index (χ1) is 10.8. The maximum Gasteiger partial charge on any atom is 0.597 e. The van der Waals surface area contributed by atoms with Crippen LogP contribution in [0.5, 0.6) is 0 Å². The summed E-state index contributed by atoms with van der Waals surface area (Å²) in [6.45, 7) is 0. The fourth-order valence-corrected chi connectivity index (χ4v) is 2.01. The van der Waals surface area contributed by atoms with Gasteiger partial charge in [0.25, 0.3) is 0 Å². The van der Waals surface area contributed by atoms with Crippen LogP contribution in [0.25, 0.3) is 0 Å². The molecular weight excluding hydrogens is 471 g/mol. The van der Waals surface area contributed by atoms with E-state index < -0.39 is 49.4 Å². The van der Waals surface area contributed by atoms with Crippen LogP contribution in [0.1, 0.15) is 0 Å². The summed E-state index contributed by atoms with van der Waals surface area (Å²) in [5.74, 6) is -42.0. The molecule has 0 amide bonds. The first-order valence-electron chi connectivity index (χ1n) is 5.15. The lowest BCUT2D eigenvalue weighted by atomic mass is 9.94. The molecule has 0 aromatic carbocycles. The topological polar surface area (TPSA) is 0 Å². The summed E-state index contributed by atoms with van der Waals surface area (Å²) in [5.41, 5.74) is -7.65. The standard InChI is InChI=1S/C7ClF17Si/c8-26(24,25)7(22,23)5(17,18)3(13,14)1(9,10)2(11,12)4(15,16)6(19,20)21. The van der Waals surface area contributed by atoms with Crippen LogP contribution in [-0.2, 0) is 0 Å². The fraction of sp³-hybridized carbons (Fsp3) is 1.00. The molecule has 0 nitrogen and oxygen atoms in total. The SMILES string of the molecule is FC(F)(F)C(F)(F)C(F)(F)C(F)(F)C(F)(F)C(F)(F)C(F)(F)[Si](F)(F)Cl. The molecule has 0 aromatic heterocycles. The Balaban J connectivity index is 6.61. The van der Waals surface area contributed by atoms with Crippen molar-refractivity contribution in [3.63, 3.8) is 0 Å². The highest BCUT2D eigenvalue weighted by atomic mass is 35.6. The van der Waals surface area contributed by atoms with Crippen molar-refractivity contribution in [3.05, 3.63) is 0 Å². The summed E-state index contributed by atoms with van der Waals surface area (Å²) < 4.78 is 212. The van der Waals surface area contributed by atoms with Crippen LogP contribution < -0.4 is 0 Å². The minimum atomic E-state index is -8.59. The van der Waals surface area contributed by atoms with Gasteiger partial charge in [-0.2, -0.15) is 65.9 Å². The normalized spacial score (nSPS) is 16.8. The minimum Gasteiger partial charge on any atom is -0.247 e. The second-order valence-electron chi connectivity index (χ2n) is 4.44. The summed E-state index contributed by atoms with van der Waals surface area (Å²) in [7, 11) is -8.43. The van der Waals surface area contributed by atoms with Gasteiger partial charge in [0.2, 0.25) is 0 Å². The monoisotopic (exact) mass is 470 g/mol. The highest BCUT2D eigenvalue weighted by Crippen LogP contribution is 2.63. The van der Waals surface area contributed by atoms with Crippen molar-refractivity contribution in [1.82, 2.24) is 0 Å². The van der Waals surface area contributed by atoms with Crippen molar-refractivity contribution >= 4 is 19.1 Å². The molecule has 0 rings (SSSR count). The Morgan fingerprint density at radius 2 is 0.654 bits per heavy atom. The Kier molecular flexibility index (Phi) is 5.75. The van der Waals surface area contributed by atoms with Gasteiger partial charge in [-0.15, -0.1) is 0 Å². The van der Waals surface area contributed by atoms with E-state index in [-0.39, 0.29) is 0 Å². The number of hydrogen-bond donors (Lipinski definition) is 0. The molecule has 0 heterocycles. The van der Waals surface area contributed by atoms with Crippen LogP contribution >= 0.6 is 11.1 Å². The first-order valence-corrected chi connectivity index (χ1v) is 7.92. The van der Waals surface area contributed by atoms with E-state index in [4.69, 9.17) is 0 Å². The summed E-state index contributed by atoms with van der Waals surface area (Å²) in [6.07, 6.45) is -7.75. The molecule has 0 aliphatic heterocycles. The van der Waals surface area contributed by atoms with E-state index >= 15 is 0 Å². The van der Waals surface area contributed by atoms with E-state index in [1.807, 2.05) is 0 Å². The van der Waals surface area contributed by atoms with Crippen LogP contribution in [0.4, 0.5) is 74.1 Å². The Labute approximate surface area is 135 Å². The van der Waals surface area contributed by atoms with Crippen LogP contribution in [0, 0.1) is 0 Å². The minimum absolute atomic E-state index is 3.42. The van der Waals surface area contributed by atoms with Crippen molar-refractivity contribution in [3.8, 4) is 0 Å². The van der Waals surface area contributed by atoms with E-state index in [2.05, 4.69) is 11.1 Å². The lowest BCUT2D eigenvalue weighted by Gasteiger charge is -2.41. The van der Waals surface area contributed by atoms with Crippen molar-refractivity contribution < 1.29 is 74.1 Å². The molecule has 0 atom stereocenters. The van der Waals surface area contributed by atoms with Crippen molar-refractivity contribution in [2.45, 2.75) is 41.3 Å². The van der Waals surface area contributed by atoms with Gasteiger partial charge in [0, 0.05) is 0 Å². The average Bonchev–Trinajstić information content (AvgIpc) is 2.34. The van der Waals surface area contributed by atoms with E-state index in [9.17, 15) is 74.1 Å². The summed E-state index contributed by atoms with van der Waals surface area (Å²) in [6, 6.07) is 0. The quantitative estimate of drug-likeness (QED) is 0.253. The van der Waals surface area contributed by atoms with Crippen LogP contribution in [0.2, 0.25) is 0 Å². The smallest absolute Gasteiger partial charge is 0.247 e. The Morgan fingerprint density at radius 1 is 0.423 bits per heavy atom. The molecule has 0 bridgehead atoms. The molecule has 0 spiro atoms. The summed E-state index contributed by atoms with van der Waals surface area (Å²) >= 11 is 3.42. The molecule has 158 valence electrons. The van der Waals surface area contributed by atoms with Gasteiger partial charge < -0.3 is 0 Å². The number of rotatable bonds is 6. The highest BCUT2D eigenvalue weighted by Gasteiger charge is 2.95. The number of hydrogen-bond acceptors (Lipinski definition) is 0. The molecule has 26 heavy (non-hydrogen) atoms. The van der Waals surface area contributed by atoms with E-state index in [0.717, 1.165) is 0 Å². The van der Waals surface area contributed by atoms with Gasteiger partial charge >= 0.3 is 49.4 Å². The van der Waals surface area contributed by atoms with E-state index in [0.29, 0.717) is 0 Å². The van der Waals surface area contributed by atoms with Gasteiger partial charge in [-0.3, -0.25) is 0 Å². The van der Waals surface area contributed by atoms with Crippen molar-refractivity contribution in [2.24, 2.45) is 0 Å². The van der Waals surface area contributed by atoms with Crippen LogP contribution in [-0.4, -0.2) is 49.4 Å². The predicted octanol–water partition coefficient (Wildman–Crippen LogP) is 6.02. The van der Waals surface area contributed by atoms with Gasteiger partial charge in [-0.1, -0.05) is 11.1 Å². The molecule has 0 fully saturated rings. The largest absolute Gasteiger partial charge is 0.597 e. The second kappa shape index (κ2) is 5.90. The Morgan fingerprint density at radius 3 is 0.885 bits per heavy atom. The lowest BCUT2D eigenvalue weighted by Crippen LogP contribution is -2.74. The van der Waals surface area contributed by atoms with Crippen LogP contribution in [0.15, 0.2) is 0 Å². The van der Waals surface area contributed by atoms with E-state index in [1.54, 1.807) is 0 Å². The third-order valence-electron chi connectivity index (χ3n) is 2.68. The molecule has 0 aliphatic carbocycles. The van der Waals surface area contributed by atoms with Gasteiger partial charge in [0.05, 0.1) is 0 Å². The summed E-state index contributed by atoms with van der Waals surface area (Å²) in [4.78, 5) is 0. The highest BCUT2D eigenvalue weighted by molar-refractivity contribution is 7.13. The number of alkyl halides is 15. The zero-order chi connectivity index (χ0) is 22.0. The third kappa shape index (κ3) is 2.99. The molecule has 19 heteroatoms. The third-order valence-corrected chi connectivity index (χ3v) is 4.42. The first kappa shape index (κ1) is 25.3. The Hall–Kier alpha value is -0.683. The van der Waals surface area contributed by atoms with Gasteiger partial charge in [0.1, 0.15) is 0 Å². The molecule has 0 aliphatic rings. The van der Waals surface area contributed by atoms with Gasteiger partial charge in [-0.25, -0.2) is 8.22 Å². The second-order valence-corrected chi connectivity index (χ2v) is 7.49. The lowest BCUT2D eigenvalue weighted by molar-refractivity contribution is -0.448. The van der Waals surface area contributed by atoms with Crippen molar-refractivity contribution in [2.75, 3.05) is 0 Å². The maximum atomic E-state index is 12.9. The zero-order valence-corrected chi connectivity index (χ0v) is 12.6.